The molecule has 0 bridgehead atoms. The first kappa shape index (κ1) is 40.5. The molecule has 69 heavy (non-hydrogen) atoms. The monoisotopic (exact) mass is 880 g/mol. The van der Waals surface area contributed by atoms with Crippen LogP contribution in [0.25, 0.3) is 137 Å². The number of nitrogens with zero attached hydrogens (tertiary/aromatic N) is 2. The van der Waals surface area contributed by atoms with Crippen molar-refractivity contribution in [1.29, 1.82) is 0 Å². The zero-order valence-corrected chi connectivity index (χ0v) is 39.0. The van der Waals surface area contributed by atoms with Gasteiger partial charge < -0.3 is 9.13 Å². The highest BCUT2D eigenvalue weighted by atomic mass is 14.9. The number of fused-ring (bicyclic) bond motifs is 8. The van der Waals surface area contributed by atoms with Crippen molar-refractivity contribution in [3.8, 4) is 66.8 Å². The molecular weight excluding hydrogens is 833 g/mol. The molecule has 0 aliphatic carbocycles. The molecule has 0 aliphatic rings. The van der Waals surface area contributed by atoms with E-state index in [2.05, 4.69) is 261 Å². The maximum absolute atomic E-state index is 4.36. The first-order valence-electron chi connectivity index (χ1n) is 23.9. The van der Waals surface area contributed by atoms with Gasteiger partial charge in [-0.15, -0.1) is 0 Å². The molecule has 0 fully saturated rings. The summed E-state index contributed by atoms with van der Waals surface area (Å²) in [4.78, 5) is 0. The number of aromatic nitrogens is 2. The second kappa shape index (κ2) is 16.0. The topological polar surface area (TPSA) is 9.86 Å². The van der Waals surface area contributed by atoms with E-state index in [9.17, 15) is 0 Å². The zero-order valence-electron chi connectivity index (χ0n) is 39.0. The minimum Gasteiger partial charge on any atom is -0.344 e. The number of para-hydroxylation sites is 2. The predicted octanol–water partition coefficient (Wildman–Crippen LogP) is 18.3. The highest BCUT2D eigenvalue weighted by molar-refractivity contribution is 6.22. The van der Waals surface area contributed by atoms with E-state index in [1.165, 1.54) is 132 Å². The Labute approximate surface area is 402 Å². The maximum atomic E-state index is 4.36. The summed E-state index contributed by atoms with van der Waals surface area (Å²) in [5.41, 5.74) is 21.8. The third-order valence-corrected chi connectivity index (χ3v) is 14.8. The average molecular weight is 881 g/mol. The van der Waals surface area contributed by atoms with E-state index in [-0.39, 0.29) is 0 Å². The van der Waals surface area contributed by atoms with Gasteiger partial charge in [0.05, 0.1) is 0 Å². The fraction of sp³-hybridized carbons (Fsp3) is 0.0448. The van der Waals surface area contributed by atoms with Crippen LogP contribution in [0.5, 0.6) is 0 Å². The Morgan fingerprint density at radius 2 is 0.580 bits per heavy atom. The second-order valence-electron chi connectivity index (χ2n) is 18.8. The third-order valence-electron chi connectivity index (χ3n) is 14.8. The number of benzene rings is 11. The lowest BCUT2D eigenvalue weighted by Crippen LogP contribution is -1.92. The molecule has 326 valence electrons. The summed E-state index contributed by atoms with van der Waals surface area (Å²) in [7, 11) is 4.30. The van der Waals surface area contributed by atoms with Gasteiger partial charge in [0.15, 0.2) is 0 Å². The van der Waals surface area contributed by atoms with Crippen LogP contribution in [0.1, 0.15) is 12.5 Å². The van der Waals surface area contributed by atoms with Crippen LogP contribution in [0.3, 0.4) is 0 Å². The summed E-state index contributed by atoms with van der Waals surface area (Å²) in [5.74, 6) is 0. The lowest BCUT2D eigenvalue weighted by atomic mass is 9.84. The van der Waals surface area contributed by atoms with E-state index in [4.69, 9.17) is 0 Å². The average Bonchev–Trinajstić information content (AvgIpc) is 3.86. The quantitative estimate of drug-likeness (QED) is 0.141. The molecule has 13 rings (SSSR count). The van der Waals surface area contributed by atoms with E-state index >= 15 is 0 Å². The van der Waals surface area contributed by atoms with Crippen LogP contribution < -0.4 is 0 Å². The van der Waals surface area contributed by atoms with Gasteiger partial charge in [-0.05, 0) is 143 Å². The van der Waals surface area contributed by atoms with Crippen molar-refractivity contribution in [2.24, 2.45) is 14.1 Å². The van der Waals surface area contributed by atoms with E-state index in [0.29, 0.717) is 0 Å². The Hall–Kier alpha value is -8.72. The Bertz CT molecular complexity index is 4180. The largest absolute Gasteiger partial charge is 0.344 e. The van der Waals surface area contributed by atoms with E-state index < -0.39 is 0 Å². The van der Waals surface area contributed by atoms with Crippen LogP contribution in [0.4, 0.5) is 0 Å². The third kappa shape index (κ3) is 6.63. The van der Waals surface area contributed by atoms with Gasteiger partial charge in [-0.3, -0.25) is 0 Å². The van der Waals surface area contributed by atoms with Crippen molar-refractivity contribution in [2.75, 3.05) is 0 Å². The van der Waals surface area contributed by atoms with Gasteiger partial charge in [0, 0.05) is 57.7 Å². The first-order valence-corrected chi connectivity index (χ1v) is 23.9. The van der Waals surface area contributed by atoms with Crippen LogP contribution in [-0.4, -0.2) is 9.13 Å². The van der Waals surface area contributed by atoms with Crippen molar-refractivity contribution in [3.05, 3.63) is 237 Å². The normalized spacial score (nSPS) is 11.8. The standard InChI is InChI=1S/C67H48N2/c1-42(2)51-33-36-58-61(39-51)67(50-31-27-46(28-32-50)44-19-23-48(24-20-44)53-35-38-65-60(41-53)55-12-8-10-16-63(55)69(65)4)57-14-6-5-13-56(57)66(58)49-29-25-45(26-30-49)43-17-21-47(22-18-43)52-34-37-64-59(40-52)54-11-7-9-15-62(54)68(64)3/h5-41H,1H2,2-4H3. The molecule has 2 heteroatoms. The SMILES string of the molecule is C=C(C)c1ccc2c(-c3ccc(-c4ccc(-c5ccc6c(c5)c5ccccc5n6C)cc4)cc3)c3ccccc3c(-c3ccc(-c4ccc(-c5ccc6c(c5)c5ccccc5n6C)cc4)cc3)c2c1. The summed E-state index contributed by atoms with van der Waals surface area (Å²) in [6.45, 7) is 6.45. The number of hydrogen-bond donors (Lipinski definition) is 0. The van der Waals surface area contributed by atoms with E-state index in [1.807, 2.05) is 0 Å². The van der Waals surface area contributed by atoms with Gasteiger partial charge in [-0.2, -0.15) is 0 Å². The summed E-state index contributed by atoms with van der Waals surface area (Å²) < 4.78 is 4.57. The van der Waals surface area contributed by atoms with E-state index in [1.54, 1.807) is 0 Å². The molecule has 0 radical (unpaired) electrons. The van der Waals surface area contributed by atoms with Gasteiger partial charge >= 0.3 is 0 Å². The lowest BCUT2D eigenvalue weighted by molar-refractivity contribution is 1.01. The Kier molecular flexibility index (Phi) is 9.39. The summed E-state index contributed by atoms with van der Waals surface area (Å²) in [6.07, 6.45) is 0. The fourth-order valence-corrected chi connectivity index (χ4v) is 11.1. The lowest BCUT2D eigenvalue weighted by Gasteiger charge is -2.19. The molecule has 11 aromatic carbocycles. The highest BCUT2D eigenvalue weighted by Gasteiger charge is 2.19. The molecule has 0 unspecified atom stereocenters. The van der Waals surface area contributed by atoms with Gasteiger partial charge in [0.2, 0.25) is 0 Å². The second-order valence-corrected chi connectivity index (χ2v) is 18.8. The minimum absolute atomic E-state index is 1.05. The predicted molar refractivity (Wildman–Crippen MR) is 297 cm³/mol. The number of aryl methyl sites for hydroxylation is 2. The molecule has 0 N–H and O–H groups in total. The molecule has 0 aliphatic heterocycles. The van der Waals surface area contributed by atoms with Crippen molar-refractivity contribution in [2.45, 2.75) is 6.92 Å². The van der Waals surface area contributed by atoms with Crippen LogP contribution in [0.2, 0.25) is 0 Å². The van der Waals surface area contributed by atoms with E-state index in [0.717, 1.165) is 11.1 Å². The highest BCUT2D eigenvalue weighted by Crippen LogP contribution is 2.45. The van der Waals surface area contributed by atoms with Gasteiger partial charge in [-0.25, -0.2) is 0 Å². The molecule has 2 aromatic heterocycles. The van der Waals surface area contributed by atoms with Gasteiger partial charge in [0.1, 0.15) is 0 Å². The van der Waals surface area contributed by atoms with Crippen LogP contribution >= 0.6 is 0 Å². The van der Waals surface area contributed by atoms with Crippen molar-refractivity contribution in [3.63, 3.8) is 0 Å². The molecule has 0 saturated heterocycles. The van der Waals surface area contributed by atoms with Gasteiger partial charge in [0.25, 0.3) is 0 Å². The Morgan fingerprint density at radius 3 is 0.986 bits per heavy atom. The molecule has 2 heterocycles. The number of allylic oxidation sites excluding steroid dienone is 1. The number of hydrogen-bond acceptors (Lipinski definition) is 0. The Morgan fingerprint density at radius 1 is 0.275 bits per heavy atom. The van der Waals surface area contributed by atoms with Crippen molar-refractivity contribution >= 4 is 70.7 Å². The molecule has 2 nitrogen and oxygen atoms in total. The van der Waals surface area contributed by atoms with Crippen LogP contribution in [0.15, 0.2) is 231 Å². The molecular formula is C67H48N2. The summed E-state index contributed by atoms with van der Waals surface area (Å²) in [6, 6.07) is 83.1. The summed E-state index contributed by atoms with van der Waals surface area (Å²) >= 11 is 0. The molecule has 0 atom stereocenters. The molecule has 0 spiro atoms. The molecule has 13 aromatic rings. The first-order chi connectivity index (χ1) is 33.9. The van der Waals surface area contributed by atoms with Gasteiger partial charge in [-0.1, -0.05) is 194 Å². The van der Waals surface area contributed by atoms with Crippen LogP contribution in [0, 0.1) is 0 Å². The maximum Gasteiger partial charge on any atom is 0.0489 e. The van der Waals surface area contributed by atoms with Crippen molar-refractivity contribution < 1.29 is 0 Å². The zero-order chi connectivity index (χ0) is 46.3. The summed E-state index contributed by atoms with van der Waals surface area (Å²) in [5, 5.41) is 10.1. The number of rotatable bonds is 7. The minimum atomic E-state index is 1.05. The Balaban J connectivity index is 0.830. The van der Waals surface area contributed by atoms with Crippen molar-refractivity contribution in [1.82, 2.24) is 9.13 Å². The van der Waals surface area contributed by atoms with Crippen LogP contribution in [-0.2, 0) is 14.1 Å². The fourth-order valence-electron chi connectivity index (χ4n) is 11.1. The molecule has 0 saturated carbocycles. The molecule has 0 amide bonds. The smallest absolute Gasteiger partial charge is 0.0489 e.